The number of hydrogen-bond donors (Lipinski definition) is 1. The Balaban J connectivity index is 2.14. The number of ether oxygens (including phenoxy) is 2. The van der Waals surface area contributed by atoms with Gasteiger partial charge < -0.3 is 19.5 Å². The third kappa shape index (κ3) is 4.40. The van der Waals surface area contributed by atoms with E-state index >= 15 is 0 Å². The molecule has 1 amide bonds. The number of likely N-dealkylation sites (tertiary alicyclic amines) is 1. The van der Waals surface area contributed by atoms with Crippen molar-refractivity contribution >= 4 is 17.4 Å². The van der Waals surface area contributed by atoms with Gasteiger partial charge in [0.2, 0.25) is 0 Å². The van der Waals surface area contributed by atoms with Gasteiger partial charge >= 0.3 is 0 Å². The Kier molecular flexibility index (Phi) is 6.95. The number of aliphatic hydroxyl groups is 1. The minimum absolute atomic E-state index is 0.0184. The Morgan fingerprint density at radius 1 is 1.10 bits per heavy atom. The number of aliphatic hydroxyl groups excluding tert-OH is 1. The Morgan fingerprint density at radius 3 is 2.42 bits per heavy atom. The molecule has 0 aromatic heterocycles. The van der Waals surface area contributed by atoms with Crippen molar-refractivity contribution in [3.8, 4) is 11.5 Å². The molecule has 6 nitrogen and oxygen atoms in total. The van der Waals surface area contributed by atoms with E-state index in [-0.39, 0.29) is 16.9 Å². The van der Waals surface area contributed by atoms with Crippen molar-refractivity contribution in [2.45, 2.75) is 32.7 Å². The molecule has 0 aliphatic carbocycles. The quantitative estimate of drug-likeness (QED) is 0.383. The number of ketones is 1. The maximum atomic E-state index is 13.9. The lowest BCUT2D eigenvalue weighted by molar-refractivity contribution is -0.139. The second kappa shape index (κ2) is 9.64. The van der Waals surface area contributed by atoms with Gasteiger partial charge in [0, 0.05) is 6.54 Å². The van der Waals surface area contributed by atoms with Crippen LogP contribution < -0.4 is 9.47 Å². The molecule has 31 heavy (non-hydrogen) atoms. The van der Waals surface area contributed by atoms with Gasteiger partial charge in [-0.1, -0.05) is 26.0 Å². The van der Waals surface area contributed by atoms with Crippen LogP contribution in [-0.2, 0) is 9.59 Å². The SMILES string of the molecule is CCCOc1ccc(C2/C(=C(\O)c3cc(F)ccc3OC)C(=O)C(=O)N2CCC)cc1. The summed E-state index contributed by atoms with van der Waals surface area (Å²) in [6, 6.07) is 9.90. The number of carbonyl (C=O) groups excluding carboxylic acids is 2. The number of benzene rings is 2. The van der Waals surface area contributed by atoms with Gasteiger partial charge in [-0.3, -0.25) is 9.59 Å². The molecule has 0 spiro atoms. The van der Waals surface area contributed by atoms with Gasteiger partial charge in [0.1, 0.15) is 23.1 Å². The summed E-state index contributed by atoms with van der Waals surface area (Å²) >= 11 is 0. The van der Waals surface area contributed by atoms with Crippen LogP contribution in [-0.4, -0.2) is 42.0 Å². The van der Waals surface area contributed by atoms with Crippen LogP contribution in [0.15, 0.2) is 48.0 Å². The Morgan fingerprint density at radius 2 is 1.81 bits per heavy atom. The van der Waals surface area contributed by atoms with Gasteiger partial charge in [0.15, 0.2) is 0 Å². The maximum absolute atomic E-state index is 13.9. The van der Waals surface area contributed by atoms with Crippen molar-refractivity contribution in [1.29, 1.82) is 0 Å². The molecule has 1 N–H and O–H groups in total. The monoisotopic (exact) mass is 427 g/mol. The number of halogens is 1. The average molecular weight is 427 g/mol. The van der Waals surface area contributed by atoms with Crippen LogP contribution in [0.2, 0.25) is 0 Å². The zero-order chi connectivity index (χ0) is 22.5. The molecule has 0 bridgehead atoms. The van der Waals surface area contributed by atoms with Crippen molar-refractivity contribution in [3.05, 3.63) is 65.0 Å². The highest BCUT2D eigenvalue weighted by molar-refractivity contribution is 6.46. The largest absolute Gasteiger partial charge is 0.507 e. The van der Waals surface area contributed by atoms with E-state index in [1.165, 1.54) is 24.1 Å². The second-order valence-electron chi connectivity index (χ2n) is 7.25. The average Bonchev–Trinajstić information content (AvgIpc) is 3.02. The van der Waals surface area contributed by atoms with Gasteiger partial charge in [0.25, 0.3) is 11.7 Å². The molecule has 2 aromatic rings. The molecule has 3 rings (SSSR count). The fourth-order valence-electron chi connectivity index (χ4n) is 3.67. The Hall–Kier alpha value is -3.35. The van der Waals surface area contributed by atoms with E-state index in [0.29, 0.717) is 30.9 Å². The summed E-state index contributed by atoms with van der Waals surface area (Å²) in [7, 11) is 1.38. The summed E-state index contributed by atoms with van der Waals surface area (Å²) in [6.45, 7) is 4.81. The lowest BCUT2D eigenvalue weighted by atomic mass is 9.95. The molecule has 1 unspecified atom stereocenters. The number of amides is 1. The van der Waals surface area contributed by atoms with Crippen molar-refractivity contribution in [2.24, 2.45) is 0 Å². The lowest BCUT2D eigenvalue weighted by Gasteiger charge is -2.25. The summed E-state index contributed by atoms with van der Waals surface area (Å²) in [4.78, 5) is 27.1. The molecule has 1 heterocycles. The summed E-state index contributed by atoms with van der Waals surface area (Å²) in [6.07, 6.45) is 1.50. The molecule has 0 saturated carbocycles. The molecule has 1 atom stereocenters. The van der Waals surface area contributed by atoms with Crippen LogP contribution in [0.3, 0.4) is 0 Å². The van der Waals surface area contributed by atoms with Crippen LogP contribution in [0, 0.1) is 5.82 Å². The highest BCUT2D eigenvalue weighted by Gasteiger charge is 2.45. The van der Waals surface area contributed by atoms with E-state index in [1.54, 1.807) is 24.3 Å². The summed E-state index contributed by atoms with van der Waals surface area (Å²) in [5, 5.41) is 11.0. The highest BCUT2D eigenvalue weighted by atomic mass is 19.1. The van der Waals surface area contributed by atoms with Crippen LogP contribution >= 0.6 is 0 Å². The number of nitrogens with zero attached hydrogens (tertiary/aromatic N) is 1. The highest BCUT2D eigenvalue weighted by Crippen LogP contribution is 2.41. The number of methoxy groups -OCH3 is 1. The summed E-state index contributed by atoms with van der Waals surface area (Å²) < 4.78 is 24.7. The third-order valence-corrected chi connectivity index (χ3v) is 5.09. The summed E-state index contributed by atoms with van der Waals surface area (Å²) in [5.74, 6) is -1.71. The fraction of sp³-hybridized carbons (Fsp3) is 0.333. The molecule has 1 aliphatic rings. The molecular weight excluding hydrogens is 401 g/mol. The first kappa shape index (κ1) is 22.3. The Labute approximate surface area is 180 Å². The van der Waals surface area contributed by atoms with E-state index < -0.39 is 29.3 Å². The number of Topliss-reactive ketones (excluding diaryl/α,β-unsaturated/α-hetero) is 1. The first-order valence-electron chi connectivity index (χ1n) is 10.3. The van der Waals surface area contributed by atoms with Gasteiger partial charge in [-0.15, -0.1) is 0 Å². The van der Waals surface area contributed by atoms with E-state index in [2.05, 4.69) is 0 Å². The molecule has 164 valence electrons. The van der Waals surface area contributed by atoms with E-state index in [1.807, 2.05) is 13.8 Å². The van der Waals surface area contributed by atoms with Crippen molar-refractivity contribution in [3.63, 3.8) is 0 Å². The van der Waals surface area contributed by atoms with E-state index in [0.717, 1.165) is 12.5 Å². The minimum atomic E-state index is -0.812. The number of hydrogen-bond acceptors (Lipinski definition) is 5. The van der Waals surface area contributed by atoms with Gasteiger partial charge in [-0.25, -0.2) is 4.39 Å². The lowest BCUT2D eigenvalue weighted by Crippen LogP contribution is -2.30. The first-order valence-corrected chi connectivity index (χ1v) is 10.3. The topological polar surface area (TPSA) is 76.1 Å². The van der Waals surface area contributed by atoms with Gasteiger partial charge in [0.05, 0.1) is 30.9 Å². The minimum Gasteiger partial charge on any atom is -0.507 e. The van der Waals surface area contributed by atoms with Crippen molar-refractivity contribution in [1.82, 2.24) is 4.90 Å². The molecule has 1 aliphatic heterocycles. The molecule has 2 aromatic carbocycles. The predicted molar refractivity (Wildman–Crippen MR) is 114 cm³/mol. The van der Waals surface area contributed by atoms with Crippen LogP contribution in [0.4, 0.5) is 4.39 Å². The zero-order valence-electron chi connectivity index (χ0n) is 17.9. The van der Waals surface area contributed by atoms with Crippen molar-refractivity contribution < 1.29 is 28.6 Å². The molecule has 1 fully saturated rings. The van der Waals surface area contributed by atoms with E-state index in [4.69, 9.17) is 9.47 Å². The van der Waals surface area contributed by atoms with Crippen LogP contribution in [0.5, 0.6) is 11.5 Å². The first-order chi connectivity index (χ1) is 14.9. The molecule has 0 radical (unpaired) electrons. The molecule has 7 heteroatoms. The van der Waals surface area contributed by atoms with Gasteiger partial charge in [-0.05, 0) is 48.7 Å². The molecular formula is C24H26FNO5. The van der Waals surface area contributed by atoms with Gasteiger partial charge in [-0.2, -0.15) is 0 Å². The normalized spacial score (nSPS) is 17.8. The van der Waals surface area contributed by atoms with Crippen molar-refractivity contribution in [2.75, 3.05) is 20.3 Å². The smallest absolute Gasteiger partial charge is 0.295 e. The fourth-order valence-corrected chi connectivity index (χ4v) is 3.67. The maximum Gasteiger partial charge on any atom is 0.295 e. The third-order valence-electron chi connectivity index (χ3n) is 5.09. The predicted octanol–water partition coefficient (Wildman–Crippen LogP) is 4.45. The van der Waals surface area contributed by atoms with Crippen LogP contribution in [0.25, 0.3) is 5.76 Å². The summed E-state index contributed by atoms with van der Waals surface area (Å²) in [5.41, 5.74) is 0.572. The number of rotatable bonds is 8. The molecule has 1 saturated heterocycles. The zero-order valence-corrected chi connectivity index (χ0v) is 17.9. The second-order valence-corrected chi connectivity index (χ2v) is 7.25. The van der Waals surface area contributed by atoms with Crippen LogP contribution in [0.1, 0.15) is 43.9 Å². The van der Waals surface area contributed by atoms with E-state index in [9.17, 15) is 19.1 Å². The number of carbonyl (C=O) groups is 2. The Bertz CT molecular complexity index is 1000. The standard InChI is InChI=1S/C24H26FNO5/c1-4-12-26-21(15-6-9-17(10-7-15)31-13-5-2)20(23(28)24(26)29)22(27)18-14-16(25)8-11-19(18)30-3/h6-11,14,21,27H,4-5,12-13H2,1-3H3/b22-20+.